The summed E-state index contributed by atoms with van der Waals surface area (Å²) in [7, 11) is 0. The van der Waals surface area contributed by atoms with Gasteiger partial charge in [0.1, 0.15) is 23.3 Å². The lowest BCUT2D eigenvalue weighted by molar-refractivity contribution is 0.456. The van der Waals surface area contributed by atoms with Crippen molar-refractivity contribution in [2.45, 2.75) is 70.9 Å². The Morgan fingerprint density at radius 1 is 0.963 bits per heavy atom. The third-order valence-electron chi connectivity index (χ3n) is 6.32. The molecular weight excluding hydrogens is 338 g/mol. The van der Waals surface area contributed by atoms with Crippen molar-refractivity contribution in [1.82, 2.24) is 30.0 Å². The van der Waals surface area contributed by atoms with E-state index in [1.54, 1.807) is 0 Å². The van der Waals surface area contributed by atoms with Crippen molar-refractivity contribution in [3.63, 3.8) is 0 Å². The number of hydrogen-bond acceptors (Lipinski definition) is 6. The van der Waals surface area contributed by atoms with Crippen LogP contribution in [0.1, 0.15) is 66.8 Å². The third kappa shape index (κ3) is 3.22. The maximum absolute atomic E-state index is 4.83. The van der Waals surface area contributed by atoms with Crippen LogP contribution in [-0.2, 0) is 25.9 Å². The summed E-state index contributed by atoms with van der Waals surface area (Å²) in [5.74, 6) is 5.03. The predicted molar refractivity (Wildman–Crippen MR) is 104 cm³/mol. The van der Waals surface area contributed by atoms with E-state index in [2.05, 4.69) is 30.0 Å². The van der Waals surface area contributed by atoms with Crippen LogP contribution in [0, 0.1) is 6.92 Å². The zero-order chi connectivity index (χ0) is 18.2. The highest BCUT2D eigenvalue weighted by molar-refractivity contribution is 5.50. The normalized spacial score (nSPS) is 20.9. The molecule has 144 valence electrons. The molecule has 0 unspecified atom stereocenters. The minimum absolute atomic E-state index is 0.529. The summed E-state index contributed by atoms with van der Waals surface area (Å²) in [5.41, 5.74) is 2.54. The summed E-state index contributed by atoms with van der Waals surface area (Å²) in [4.78, 5) is 12.0. The first-order valence-corrected chi connectivity index (χ1v) is 10.5. The molecule has 0 amide bonds. The lowest BCUT2D eigenvalue weighted by Crippen LogP contribution is -2.37. The van der Waals surface area contributed by atoms with Gasteiger partial charge in [-0.15, -0.1) is 10.2 Å². The van der Waals surface area contributed by atoms with E-state index in [9.17, 15) is 0 Å². The van der Waals surface area contributed by atoms with Crippen LogP contribution in [0.15, 0.2) is 0 Å². The molecule has 0 spiro atoms. The first-order chi connectivity index (χ1) is 13.3. The quantitative estimate of drug-likeness (QED) is 0.877. The molecule has 3 aliphatic rings. The summed E-state index contributed by atoms with van der Waals surface area (Å²) in [6.07, 6.45) is 8.21. The molecule has 2 aromatic rings. The van der Waals surface area contributed by atoms with E-state index >= 15 is 0 Å². The highest BCUT2D eigenvalue weighted by Crippen LogP contribution is 2.32. The third-order valence-corrected chi connectivity index (χ3v) is 6.32. The molecular formula is C20H29N7. The Balaban J connectivity index is 1.34. The van der Waals surface area contributed by atoms with E-state index in [-0.39, 0.29) is 0 Å². The second kappa shape index (κ2) is 7.19. The number of hydrogen-bond donors (Lipinski definition) is 1. The Bertz CT molecular complexity index is 820. The topological polar surface area (TPSA) is 71.8 Å². The average molecular weight is 368 g/mol. The Hall–Kier alpha value is -2.02. The molecule has 0 bridgehead atoms. The first kappa shape index (κ1) is 17.1. The van der Waals surface area contributed by atoms with Gasteiger partial charge in [0, 0.05) is 44.1 Å². The van der Waals surface area contributed by atoms with Crippen molar-refractivity contribution < 1.29 is 0 Å². The molecule has 0 radical (unpaired) electrons. The van der Waals surface area contributed by atoms with Gasteiger partial charge in [-0.3, -0.25) is 0 Å². The minimum atomic E-state index is 0.529. The molecule has 7 heteroatoms. The zero-order valence-electron chi connectivity index (χ0n) is 16.2. The fourth-order valence-electron chi connectivity index (χ4n) is 4.88. The molecule has 5 heterocycles. The molecule has 2 aromatic heterocycles. The number of aromatic nitrogens is 5. The van der Waals surface area contributed by atoms with Gasteiger partial charge >= 0.3 is 0 Å². The van der Waals surface area contributed by atoms with Gasteiger partial charge < -0.3 is 14.8 Å². The summed E-state index contributed by atoms with van der Waals surface area (Å²) in [5, 5.41) is 12.5. The molecule has 1 N–H and O–H groups in total. The summed E-state index contributed by atoms with van der Waals surface area (Å²) >= 11 is 0. The Morgan fingerprint density at radius 2 is 1.85 bits per heavy atom. The van der Waals surface area contributed by atoms with Gasteiger partial charge in [0.05, 0.1) is 5.69 Å². The number of nitrogens with zero attached hydrogens (tertiary/aromatic N) is 6. The van der Waals surface area contributed by atoms with Gasteiger partial charge in [-0.1, -0.05) is 6.42 Å². The van der Waals surface area contributed by atoms with Gasteiger partial charge in [-0.2, -0.15) is 0 Å². The molecule has 0 atom stereocenters. The largest absolute Gasteiger partial charge is 0.356 e. The number of piperidine rings is 1. The Labute approximate surface area is 160 Å². The average Bonchev–Trinajstić information content (AvgIpc) is 2.95. The van der Waals surface area contributed by atoms with Crippen molar-refractivity contribution in [3.8, 4) is 0 Å². The molecule has 0 aliphatic carbocycles. The van der Waals surface area contributed by atoms with E-state index in [0.29, 0.717) is 5.92 Å². The molecule has 7 nitrogen and oxygen atoms in total. The van der Waals surface area contributed by atoms with Crippen LogP contribution in [0.2, 0.25) is 0 Å². The maximum atomic E-state index is 4.83. The van der Waals surface area contributed by atoms with Gasteiger partial charge in [-0.25, -0.2) is 9.97 Å². The van der Waals surface area contributed by atoms with Gasteiger partial charge in [0.15, 0.2) is 0 Å². The van der Waals surface area contributed by atoms with Crippen LogP contribution in [0.3, 0.4) is 0 Å². The molecule has 1 fully saturated rings. The highest BCUT2D eigenvalue weighted by atomic mass is 15.3. The summed E-state index contributed by atoms with van der Waals surface area (Å²) in [6.45, 7) is 7.09. The fourth-order valence-corrected chi connectivity index (χ4v) is 4.88. The monoisotopic (exact) mass is 367 g/mol. The minimum Gasteiger partial charge on any atom is -0.356 e. The van der Waals surface area contributed by atoms with Crippen LogP contribution in [0.4, 0.5) is 5.82 Å². The van der Waals surface area contributed by atoms with Crippen LogP contribution in [-0.4, -0.2) is 44.4 Å². The number of nitrogens with one attached hydrogen (secondary N) is 1. The van der Waals surface area contributed by atoms with Gasteiger partial charge in [0.25, 0.3) is 0 Å². The van der Waals surface area contributed by atoms with Crippen LogP contribution >= 0.6 is 0 Å². The van der Waals surface area contributed by atoms with Crippen LogP contribution in [0.5, 0.6) is 0 Å². The molecule has 3 aliphatic heterocycles. The second-order valence-corrected chi connectivity index (χ2v) is 8.14. The van der Waals surface area contributed by atoms with E-state index in [4.69, 9.17) is 4.98 Å². The fraction of sp³-hybridized carbons (Fsp3) is 0.700. The van der Waals surface area contributed by atoms with Crippen molar-refractivity contribution >= 4 is 5.82 Å². The van der Waals surface area contributed by atoms with E-state index in [1.165, 1.54) is 48.0 Å². The van der Waals surface area contributed by atoms with E-state index in [1.807, 2.05) is 6.92 Å². The van der Waals surface area contributed by atoms with Crippen molar-refractivity contribution in [2.24, 2.45) is 0 Å². The number of anilines is 1. The van der Waals surface area contributed by atoms with E-state index < -0.39 is 0 Å². The number of rotatable bonds is 2. The standard InChI is InChI=1S/C20H29N7/c1-14-22-17-13-21-9-6-16(17)20(23-14)26-11-7-15(8-12-26)19-25-24-18-5-3-2-4-10-27(18)19/h15,21H,2-13H2,1H3. The number of fused-ring (bicyclic) bond motifs is 2. The Morgan fingerprint density at radius 3 is 2.74 bits per heavy atom. The van der Waals surface area contributed by atoms with E-state index in [0.717, 1.165) is 64.2 Å². The number of aryl methyl sites for hydroxylation is 2. The van der Waals surface area contributed by atoms with Crippen molar-refractivity contribution in [1.29, 1.82) is 0 Å². The van der Waals surface area contributed by atoms with Gasteiger partial charge in [-0.05, 0) is 45.6 Å². The summed E-state index contributed by atoms with van der Waals surface area (Å²) < 4.78 is 2.43. The van der Waals surface area contributed by atoms with Gasteiger partial charge in [0.2, 0.25) is 0 Å². The second-order valence-electron chi connectivity index (χ2n) is 8.14. The summed E-state index contributed by atoms with van der Waals surface area (Å²) in [6, 6.07) is 0. The lowest BCUT2D eigenvalue weighted by atomic mass is 9.95. The van der Waals surface area contributed by atoms with Crippen LogP contribution < -0.4 is 10.2 Å². The highest BCUT2D eigenvalue weighted by Gasteiger charge is 2.29. The molecule has 0 aromatic carbocycles. The first-order valence-electron chi connectivity index (χ1n) is 10.5. The smallest absolute Gasteiger partial charge is 0.136 e. The molecule has 1 saturated heterocycles. The Kier molecular flexibility index (Phi) is 4.55. The predicted octanol–water partition coefficient (Wildman–Crippen LogP) is 2.13. The molecule has 27 heavy (non-hydrogen) atoms. The van der Waals surface area contributed by atoms with Crippen molar-refractivity contribution in [3.05, 3.63) is 28.7 Å². The molecule has 0 saturated carbocycles. The lowest BCUT2D eigenvalue weighted by Gasteiger charge is -2.34. The SMILES string of the molecule is Cc1nc2c(c(N3CCC(c4nnc5n4CCCCC5)CC3)n1)CCNC2. The maximum Gasteiger partial charge on any atom is 0.136 e. The zero-order valence-corrected chi connectivity index (χ0v) is 16.2. The van der Waals surface area contributed by atoms with Crippen molar-refractivity contribution in [2.75, 3.05) is 24.5 Å². The molecule has 5 rings (SSSR count). The van der Waals surface area contributed by atoms with Crippen LogP contribution in [0.25, 0.3) is 0 Å².